The molecule has 0 unspecified atom stereocenters. The van der Waals surface area contributed by atoms with Gasteiger partial charge in [-0.25, -0.2) is 4.98 Å². The summed E-state index contributed by atoms with van der Waals surface area (Å²) in [5.41, 5.74) is 0.681. The van der Waals surface area contributed by atoms with Crippen molar-refractivity contribution >= 4 is 38.2 Å². The topological polar surface area (TPSA) is 45.8 Å². The molecule has 0 amide bonds. The summed E-state index contributed by atoms with van der Waals surface area (Å²) in [6.45, 7) is 1.77. The van der Waals surface area contributed by atoms with Crippen LogP contribution in [-0.2, 0) is 0 Å². The molecule has 5 heteroatoms. The quantitative estimate of drug-likeness (QED) is 0.772. The number of hydrogen-bond acceptors (Lipinski definition) is 3. The molecule has 0 aliphatic heterocycles. The lowest BCUT2D eigenvalue weighted by molar-refractivity contribution is 1.06. The first-order valence-corrected chi connectivity index (χ1v) is 4.99. The highest BCUT2D eigenvalue weighted by molar-refractivity contribution is 9.11. The van der Waals surface area contributed by atoms with Crippen LogP contribution in [-0.4, -0.2) is 9.97 Å². The van der Waals surface area contributed by atoms with Gasteiger partial charge >= 0.3 is 0 Å². The average molecular weight is 245 g/mol. The molecular formula is C7H5BrN2OS. The Balaban J connectivity index is 3.03. The fraction of sp³-hybridized carbons (Fsp3) is 0.143. The van der Waals surface area contributed by atoms with Crippen LogP contribution >= 0.6 is 27.3 Å². The van der Waals surface area contributed by atoms with Crippen LogP contribution < -0.4 is 5.56 Å². The summed E-state index contributed by atoms with van der Waals surface area (Å²) in [7, 11) is 0. The number of aryl methyl sites for hydroxylation is 1. The van der Waals surface area contributed by atoms with E-state index in [1.165, 1.54) is 11.3 Å². The fourth-order valence-electron chi connectivity index (χ4n) is 1.02. The molecule has 3 nitrogen and oxygen atoms in total. The van der Waals surface area contributed by atoms with E-state index >= 15 is 0 Å². The van der Waals surface area contributed by atoms with Gasteiger partial charge < -0.3 is 4.98 Å². The molecule has 0 fully saturated rings. The highest BCUT2D eigenvalue weighted by Gasteiger charge is 2.06. The zero-order valence-corrected chi connectivity index (χ0v) is 8.62. The van der Waals surface area contributed by atoms with Gasteiger partial charge in [0.15, 0.2) is 0 Å². The van der Waals surface area contributed by atoms with Crippen LogP contribution in [0.4, 0.5) is 0 Å². The molecule has 0 aliphatic carbocycles. The largest absolute Gasteiger partial charge is 0.310 e. The molecular weight excluding hydrogens is 240 g/mol. The molecule has 2 rings (SSSR count). The number of thiophene rings is 1. The number of fused-ring (bicyclic) bond motifs is 1. The van der Waals surface area contributed by atoms with Crippen molar-refractivity contribution in [2.45, 2.75) is 6.92 Å². The van der Waals surface area contributed by atoms with E-state index in [9.17, 15) is 4.79 Å². The number of aromatic nitrogens is 2. The maximum atomic E-state index is 11.3. The highest BCUT2D eigenvalue weighted by Crippen LogP contribution is 2.26. The van der Waals surface area contributed by atoms with Gasteiger partial charge in [0.2, 0.25) is 0 Å². The third-order valence-electron chi connectivity index (χ3n) is 1.54. The van der Waals surface area contributed by atoms with E-state index in [2.05, 4.69) is 25.9 Å². The van der Waals surface area contributed by atoms with Gasteiger partial charge in [-0.2, -0.15) is 0 Å². The minimum atomic E-state index is -0.0700. The maximum Gasteiger partial charge on any atom is 0.259 e. The van der Waals surface area contributed by atoms with Crippen molar-refractivity contribution in [2.24, 2.45) is 0 Å². The van der Waals surface area contributed by atoms with E-state index in [4.69, 9.17) is 0 Å². The van der Waals surface area contributed by atoms with Gasteiger partial charge in [-0.1, -0.05) is 0 Å². The van der Waals surface area contributed by atoms with Crippen molar-refractivity contribution in [1.82, 2.24) is 9.97 Å². The van der Waals surface area contributed by atoms with E-state index in [-0.39, 0.29) is 5.56 Å². The highest BCUT2D eigenvalue weighted by atomic mass is 79.9. The third-order valence-corrected chi connectivity index (χ3v) is 3.23. The van der Waals surface area contributed by atoms with E-state index in [0.717, 1.165) is 9.30 Å². The Morgan fingerprint density at radius 1 is 1.67 bits per heavy atom. The van der Waals surface area contributed by atoms with Crippen molar-refractivity contribution in [1.29, 1.82) is 0 Å². The minimum Gasteiger partial charge on any atom is -0.310 e. The SMILES string of the molecule is Cc1nc2c(Br)scc2c(=O)[nH]1. The van der Waals surface area contributed by atoms with Crippen LogP contribution in [0.5, 0.6) is 0 Å². The van der Waals surface area contributed by atoms with Crippen LogP contribution in [0.15, 0.2) is 14.0 Å². The Kier molecular flexibility index (Phi) is 1.77. The lowest BCUT2D eigenvalue weighted by atomic mass is 10.4. The van der Waals surface area contributed by atoms with E-state index in [0.29, 0.717) is 11.2 Å². The minimum absolute atomic E-state index is 0.0700. The Labute approximate surface area is 80.6 Å². The van der Waals surface area contributed by atoms with E-state index in [1.54, 1.807) is 12.3 Å². The molecule has 2 aromatic heterocycles. The number of rotatable bonds is 0. The first-order valence-electron chi connectivity index (χ1n) is 3.32. The van der Waals surface area contributed by atoms with Gasteiger partial charge in [-0.3, -0.25) is 4.79 Å². The van der Waals surface area contributed by atoms with Gasteiger partial charge in [0.25, 0.3) is 5.56 Å². The summed E-state index contributed by atoms with van der Waals surface area (Å²) in [6, 6.07) is 0. The van der Waals surface area contributed by atoms with Crippen molar-refractivity contribution in [3.8, 4) is 0 Å². The monoisotopic (exact) mass is 244 g/mol. The predicted molar refractivity (Wildman–Crippen MR) is 52.7 cm³/mol. The number of nitrogens with one attached hydrogen (secondary N) is 1. The second kappa shape index (κ2) is 2.67. The zero-order valence-electron chi connectivity index (χ0n) is 6.22. The predicted octanol–water partition coefficient (Wildman–Crippen LogP) is 2.06. The summed E-state index contributed by atoms with van der Waals surface area (Å²) >= 11 is 4.81. The summed E-state index contributed by atoms with van der Waals surface area (Å²) in [5.74, 6) is 0.645. The number of nitrogens with zero attached hydrogens (tertiary/aromatic N) is 1. The van der Waals surface area contributed by atoms with Crippen LogP contribution in [0.3, 0.4) is 0 Å². The maximum absolute atomic E-state index is 11.3. The molecule has 2 aromatic rings. The first-order chi connectivity index (χ1) is 5.68. The van der Waals surface area contributed by atoms with Crippen LogP contribution in [0, 0.1) is 6.92 Å². The van der Waals surface area contributed by atoms with E-state index in [1.807, 2.05) is 0 Å². The normalized spacial score (nSPS) is 10.8. The molecule has 62 valence electrons. The standard InChI is InChI=1S/C7H5BrN2OS/c1-3-9-5-4(7(11)10-3)2-12-6(5)8/h2H,1H3,(H,9,10,11). The molecule has 0 radical (unpaired) electrons. The summed E-state index contributed by atoms with van der Waals surface area (Å²) in [5, 5.41) is 2.45. The molecule has 1 N–H and O–H groups in total. The molecule has 0 atom stereocenters. The molecule has 0 saturated carbocycles. The van der Waals surface area contributed by atoms with E-state index < -0.39 is 0 Å². The summed E-state index contributed by atoms with van der Waals surface area (Å²) in [6.07, 6.45) is 0. The van der Waals surface area contributed by atoms with Crippen molar-refractivity contribution in [2.75, 3.05) is 0 Å². The van der Waals surface area contributed by atoms with Crippen molar-refractivity contribution in [3.05, 3.63) is 25.3 Å². The Bertz CT molecular complexity index is 488. The van der Waals surface area contributed by atoms with Gasteiger partial charge in [-0.15, -0.1) is 11.3 Å². The summed E-state index contributed by atoms with van der Waals surface area (Å²) in [4.78, 5) is 18.2. The second-order valence-electron chi connectivity index (χ2n) is 2.42. The average Bonchev–Trinajstić information content (AvgIpc) is 2.33. The summed E-state index contributed by atoms with van der Waals surface area (Å²) < 4.78 is 0.909. The molecule has 0 spiro atoms. The zero-order chi connectivity index (χ0) is 8.72. The number of H-pyrrole nitrogens is 1. The Morgan fingerprint density at radius 3 is 3.17 bits per heavy atom. The molecule has 12 heavy (non-hydrogen) atoms. The molecule has 0 aliphatic rings. The third kappa shape index (κ3) is 1.09. The number of hydrogen-bond donors (Lipinski definition) is 1. The lowest BCUT2D eigenvalue weighted by Crippen LogP contribution is -2.07. The Hall–Kier alpha value is -0.680. The van der Waals surface area contributed by atoms with Crippen LogP contribution in [0.2, 0.25) is 0 Å². The number of aromatic amines is 1. The van der Waals surface area contributed by atoms with Gasteiger partial charge in [0.1, 0.15) is 11.3 Å². The smallest absolute Gasteiger partial charge is 0.259 e. The lowest BCUT2D eigenvalue weighted by Gasteiger charge is -1.91. The molecule has 0 saturated heterocycles. The fourth-order valence-corrected chi connectivity index (χ4v) is 2.31. The molecule has 2 heterocycles. The van der Waals surface area contributed by atoms with Crippen LogP contribution in [0.1, 0.15) is 5.82 Å². The molecule has 0 bridgehead atoms. The second-order valence-corrected chi connectivity index (χ2v) is 4.62. The van der Waals surface area contributed by atoms with Crippen molar-refractivity contribution < 1.29 is 0 Å². The van der Waals surface area contributed by atoms with Gasteiger partial charge in [0, 0.05) is 5.38 Å². The van der Waals surface area contributed by atoms with Gasteiger partial charge in [-0.05, 0) is 22.9 Å². The first kappa shape index (κ1) is 7.94. The van der Waals surface area contributed by atoms with Gasteiger partial charge in [0.05, 0.1) is 9.17 Å². The number of halogens is 1. The van der Waals surface area contributed by atoms with Crippen LogP contribution in [0.25, 0.3) is 10.9 Å². The Morgan fingerprint density at radius 2 is 2.42 bits per heavy atom. The van der Waals surface area contributed by atoms with Crippen molar-refractivity contribution in [3.63, 3.8) is 0 Å². The molecule has 0 aromatic carbocycles.